The number of nitrogens with zero attached hydrogens (tertiary/aromatic N) is 2. The Labute approximate surface area is 160 Å². The number of benzene rings is 2. The van der Waals surface area contributed by atoms with Crippen LogP contribution < -0.4 is 4.74 Å². The lowest BCUT2D eigenvalue weighted by molar-refractivity contribution is -0.0770. The van der Waals surface area contributed by atoms with Gasteiger partial charge in [-0.1, -0.05) is 30.3 Å². The summed E-state index contributed by atoms with van der Waals surface area (Å²) in [6.07, 6.45) is 0. The maximum absolute atomic E-state index is 13.1. The van der Waals surface area contributed by atoms with E-state index in [0.29, 0.717) is 19.8 Å². The molecule has 0 aliphatic carbocycles. The third-order valence-electron chi connectivity index (χ3n) is 5.65. The highest BCUT2D eigenvalue weighted by Gasteiger charge is 2.37. The van der Waals surface area contributed by atoms with Gasteiger partial charge in [-0.2, -0.15) is 0 Å². The number of rotatable bonds is 3. The molecule has 5 nitrogen and oxygen atoms in total. The second-order valence-corrected chi connectivity index (χ2v) is 7.29. The lowest BCUT2D eigenvalue weighted by Crippen LogP contribution is -2.60. The second-order valence-electron chi connectivity index (χ2n) is 7.29. The minimum atomic E-state index is 0.0941. The van der Waals surface area contributed by atoms with E-state index in [1.165, 1.54) is 5.56 Å². The fourth-order valence-electron chi connectivity index (χ4n) is 4.16. The zero-order chi connectivity index (χ0) is 18.8. The Bertz CT molecular complexity index is 808. The quantitative estimate of drug-likeness (QED) is 0.838. The molecule has 142 valence electrons. The Kier molecular flexibility index (Phi) is 5.14. The maximum Gasteiger partial charge on any atom is 0.254 e. The van der Waals surface area contributed by atoms with E-state index < -0.39 is 0 Å². The van der Waals surface area contributed by atoms with Crippen LogP contribution in [0.25, 0.3) is 0 Å². The summed E-state index contributed by atoms with van der Waals surface area (Å²) in [6, 6.07) is 16.7. The maximum atomic E-state index is 13.1. The van der Waals surface area contributed by atoms with Crippen LogP contribution >= 0.6 is 0 Å². The van der Waals surface area contributed by atoms with Crippen molar-refractivity contribution in [3.63, 3.8) is 0 Å². The Hall–Kier alpha value is -2.37. The average molecular weight is 366 g/mol. The second kappa shape index (κ2) is 7.71. The smallest absolute Gasteiger partial charge is 0.254 e. The summed E-state index contributed by atoms with van der Waals surface area (Å²) < 4.78 is 11.1. The van der Waals surface area contributed by atoms with Crippen molar-refractivity contribution in [2.75, 3.05) is 40.0 Å². The van der Waals surface area contributed by atoms with Crippen LogP contribution in [0.3, 0.4) is 0 Å². The van der Waals surface area contributed by atoms with E-state index in [9.17, 15) is 4.79 Å². The van der Waals surface area contributed by atoms with Gasteiger partial charge >= 0.3 is 0 Å². The van der Waals surface area contributed by atoms with Crippen LogP contribution in [-0.4, -0.2) is 61.7 Å². The Morgan fingerprint density at radius 3 is 2.67 bits per heavy atom. The highest BCUT2D eigenvalue weighted by molar-refractivity contribution is 5.96. The fourth-order valence-corrected chi connectivity index (χ4v) is 4.16. The Morgan fingerprint density at radius 2 is 1.93 bits per heavy atom. The number of aryl methyl sites for hydroxylation is 1. The number of ether oxygens (including phenoxy) is 2. The lowest BCUT2D eigenvalue weighted by Gasteiger charge is -2.48. The molecule has 0 saturated carbocycles. The SMILES string of the molecule is COc1ccc(C(=O)N2CCN3[C@@H](COC[C@@H]3c3ccccc3)C2)c(C)c1. The van der Waals surface area contributed by atoms with Crippen LogP contribution in [0.5, 0.6) is 5.75 Å². The number of hydrogen-bond acceptors (Lipinski definition) is 4. The molecule has 27 heavy (non-hydrogen) atoms. The van der Waals surface area contributed by atoms with Gasteiger partial charge in [0, 0.05) is 25.2 Å². The van der Waals surface area contributed by atoms with Crippen LogP contribution in [0.1, 0.15) is 27.5 Å². The molecule has 4 rings (SSSR count). The molecule has 2 heterocycles. The molecule has 2 atom stereocenters. The number of amides is 1. The number of morpholine rings is 1. The number of fused-ring (bicyclic) bond motifs is 1. The predicted molar refractivity (Wildman–Crippen MR) is 104 cm³/mol. The van der Waals surface area contributed by atoms with Crippen LogP contribution in [0, 0.1) is 6.92 Å². The minimum absolute atomic E-state index is 0.0941. The van der Waals surface area contributed by atoms with Crippen molar-refractivity contribution in [3.05, 3.63) is 65.2 Å². The van der Waals surface area contributed by atoms with Crippen molar-refractivity contribution in [3.8, 4) is 5.75 Å². The third kappa shape index (κ3) is 3.57. The van der Waals surface area contributed by atoms with Crippen LogP contribution in [0.4, 0.5) is 0 Å². The molecule has 5 heteroatoms. The Balaban J connectivity index is 1.49. The van der Waals surface area contributed by atoms with E-state index in [1.54, 1.807) is 7.11 Å². The molecule has 0 bridgehead atoms. The minimum Gasteiger partial charge on any atom is -0.497 e. The highest BCUT2D eigenvalue weighted by Crippen LogP contribution is 2.30. The fraction of sp³-hybridized carbons (Fsp3) is 0.409. The van der Waals surface area contributed by atoms with Gasteiger partial charge < -0.3 is 14.4 Å². The van der Waals surface area contributed by atoms with Crippen LogP contribution in [0.2, 0.25) is 0 Å². The van der Waals surface area contributed by atoms with Gasteiger partial charge in [0.1, 0.15) is 5.75 Å². The average Bonchev–Trinajstić information content (AvgIpc) is 2.73. The molecule has 0 aromatic heterocycles. The first kappa shape index (κ1) is 18.0. The summed E-state index contributed by atoms with van der Waals surface area (Å²) in [6.45, 7) is 5.66. The zero-order valence-corrected chi connectivity index (χ0v) is 15.9. The molecule has 2 aliphatic rings. The van der Waals surface area contributed by atoms with Gasteiger partial charge in [0.25, 0.3) is 5.91 Å². The molecule has 0 radical (unpaired) electrons. The summed E-state index contributed by atoms with van der Waals surface area (Å²) in [7, 11) is 1.64. The first-order chi connectivity index (χ1) is 13.2. The van der Waals surface area contributed by atoms with Gasteiger partial charge in [0.15, 0.2) is 0 Å². The molecule has 0 N–H and O–H groups in total. The number of carbonyl (C=O) groups is 1. The van der Waals surface area contributed by atoms with Gasteiger partial charge in [-0.3, -0.25) is 9.69 Å². The van der Waals surface area contributed by atoms with Crippen molar-refractivity contribution >= 4 is 5.91 Å². The van der Waals surface area contributed by atoms with Crippen LogP contribution in [-0.2, 0) is 4.74 Å². The zero-order valence-electron chi connectivity index (χ0n) is 15.9. The van der Waals surface area contributed by atoms with Gasteiger partial charge in [-0.25, -0.2) is 0 Å². The summed E-state index contributed by atoms with van der Waals surface area (Å²) in [5, 5.41) is 0. The van der Waals surface area contributed by atoms with Gasteiger partial charge in [0.2, 0.25) is 0 Å². The molecule has 2 aromatic carbocycles. The van der Waals surface area contributed by atoms with Crippen molar-refractivity contribution < 1.29 is 14.3 Å². The van der Waals surface area contributed by atoms with Gasteiger partial charge in [-0.05, 0) is 36.2 Å². The van der Waals surface area contributed by atoms with Crippen molar-refractivity contribution in [1.82, 2.24) is 9.80 Å². The third-order valence-corrected chi connectivity index (χ3v) is 5.65. The van der Waals surface area contributed by atoms with Crippen molar-refractivity contribution in [2.24, 2.45) is 0 Å². The first-order valence-electron chi connectivity index (χ1n) is 9.49. The molecule has 0 unspecified atom stereocenters. The van der Waals surface area contributed by atoms with Gasteiger partial charge in [0.05, 0.1) is 32.4 Å². The van der Waals surface area contributed by atoms with E-state index in [-0.39, 0.29) is 18.0 Å². The number of piperazine rings is 1. The number of hydrogen-bond donors (Lipinski definition) is 0. The molecule has 2 fully saturated rings. The summed E-state index contributed by atoms with van der Waals surface area (Å²) >= 11 is 0. The normalized spacial score (nSPS) is 23.0. The molecule has 2 aliphatic heterocycles. The van der Waals surface area contributed by atoms with Crippen LogP contribution in [0.15, 0.2) is 48.5 Å². The van der Waals surface area contributed by atoms with E-state index in [2.05, 4.69) is 29.2 Å². The van der Waals surface area contributed by atoms with E-state index in [1.807, 2.05) is 36.1 Å². The highest BCUT2D eigenvalue weighted by atomic mass is 16.5. The van der Waals surface area contributed by atoms with Crippen molar-refractivity contribution in [1.29, 1.82) is 0 Å². The monoisotopic (exact) mass is 366 g/mol. The molecule has 2 aromatic rings. The molecule has 2 saturated heterocycles. The molecule has 0 spiro atoms. The molecular weight excluding hydrogens is 340 g/mol. The van der Waals surface area contributed by atoms with E-state index in [4.69, 9.17) is 9.47 Å². The summed E-state index contributed by atoms with van der Waals surface area (Å²) in [5.41, 5.74) is 2.98. The summed E-state index contributed by atoms with van der Waals surface area (Å²) in [4.78, 5) is 17.5. The largest absolute Gasteiger partial charge is 0.497 e. The lowest BCUT2D eigenvalue weighted by atomic mass is 9.99. The first-order valence-corrected chi connectivity index (χ1v) is 9.49. The number of methoxy groups -OCH3 is 1. The molecular formula is C22H26N2O3. The van der Waals surface area contributed by atoms with E-state index in [0.717, 1.165) is 30.0 Å². The standard InChI is InChI=1S/C22H26N2O3/c1-16-12-19(26-2)8-9-20(16)22(25)23-10-11-24-18(13-23)14-27-15-21(24)17-6-4-3-5-7-17/h3-9,12,18,21H,10-11,13-15H2,1-2H3/t18-,21-/m1/s1. The van der Waals surface area contributed by atoms with Gasteiger partial charge in [-0.15, -0.1) is 0 Å². The molecule has 1 amide bonds. The summed E-state index contributed by atoms with van der Waals surface area (Å²) in [5.74, 6) is 0.872. The predicted octanol–water partition coefficient (Wildman–Crippen LogP) is 2.90. The van der Waals surface area contributed by atoms with Crippen molar-refractivity contribution in [2.45, 2.75) is 19.0 Å². The van der Waals surface area contributed by atoms with E-state index >= 15 is 0 Å². The number of carbonyl (C=O) groups excluding carboxylic acids is 1. The topological polar surface area (TPSA) is 42.0 Å². The Morgan fingerprint density at radius 1 is 1.11 bits per heavy atom.